The first-order chi connectivity index (χ1) is 12.2. The fourth-order valence-corrected chi connectivity index (χ4v) is 3.12. The summed E-state index contributed by atoms with van der Waals surface area (Å²) in [4.78, 5) is 19.4. The molecule has 1 aliphatic heterocycles. The molecule has 1 unspecified atom stereocenters. The zero-order chi connectivity index (χ0) is 17.8. The Labute approximate surface area is 159 Å². The molecule has 26 heavy (non-hydrogen) atoms. The van der Waals surface area contributed by atoms with Crippen LogP contribution in [0.3, 0.4) is 0 Å². The fraction of sp³-hybridized carbons (Fsp3) is 0.444. The monoisotopic (exact) mass is 380 g/mol. The van der Waals surface area contributed by atoms with E-state index in [9.17, 15) is 4.79 Å². The van der Waals surface area contributed by atoms with E-state index in [2.05, 4.69) is 10.3 Å². The van der Waals surface area contributed by atoms with Crippen LogP contribution in [-0.2, 0) is 7.05 Å². The minimum Gasteiger partial charge on any atom is -0.493 e. The van der Waals surface area contributed by atoms with Crippen LogP contribution in [0.15, 0.2) is 30.6 Å². The molecule has 1 N–H and O–H groups in total. The summed E-state index contributed by atoms with van der Waals surface area (Å²) in [5.41, 5.74) is 0.585. The molecule has 0 spiro atoms. The van der Waals surface area contributed by atoms with E-state index in [4.69, 9.17) is 9.47 Å². The highest BCUT2D eigenvalue weighted by Crippen LogP contribution is 2.30. The molecule has 1 saturated heterocycles. The van der Waals surface area contributed by atoms with Crippen molar-refractivity contribution in [3.05, 3.63) is 42.0 Å². The number of amides is 1. The van der Waals surface area contributed by atoms with Crippen LogP contribution in [0.1, 0.15) is 29.1 Å². The highest BCUT2D eigenvalue weighted by atomic mass is 35.5. The average Bonchev–Trinajstić information content (AvgIpc) is 3.07. The van der Waals surface area contributed by atoms with Gasteiger partial charge in [-0.3, -0.25) is 4.79 Å². The van der Waals surface area contributed by atoms with Gasteiger partial charge in [-0.2, -0.15) is 0 Å². The lowest BCUT2D eigenvalue weighted by Crippen LogP contribution is -2.49. The molecule has 8 heteroatoms. The second-order valence-electron chi connectivity index (χ2n) is 5.91. The standard InChI is InChI=1S/C18H24N4O3.ClH/c1-4-25-15-6-5-13(11-16(15)24-3)18(23)22-10-7-19-12-14(22)17-20-8-9-21(17)2;/h5-6,8-9,11,14,19H,4,7,10,12H2,1-3H3;1H. The van der Waals surface area contributed by atoms with Gasteiger partial charge in [-0.25, -0.2) is 4.98 Å². The van der Waals surface area contributed by atoms with Crippen molar-refractivity contribution in [2.24, 2.45) is 7.05 Å². The molecule has 3 rings (SSSR count). The number of carbonyl (C=O) groups excluding carboxylic acids is 1. The Hall–Kier alpha value is -2.25. The summed E-state index contributed by atoms with van der Waals surface area (Å²) in [5, 5.41) is 3.34. The van der Waals surface area contributed by atoms with Crippen LogP contribution in [0, 0.1) is 0 Å². The number of hydrogen-bond donors (Lipinski definition) is 1. The third-order valence-corrected chi connectivity index (χ3v) is 4.37. The van der Waals surface area contributed by atoms with Crippen molar-refractivity contribution < 1.29 is 14.3 Å². The Morgan fingerprint density at radius 3 is 2.85 bits per heavy atom. The predicted molar refractivity (Wildman–Crippen MR) is 101 cm³/mol. The number of imidazole rings is 1. The van der Waals surface area contributed by atoms with Crippen molar-refractivity contribution in [1.82, 2.24) is 19.8 Å². The average molecular weight is 381 g/mol. The largest absolute Gasteiger partial charge is 0.493 e. The molecular weight excluding hydrogens is 356 g/mol. The number of aromatic nitrogens is 2. The molecular formula is C18H25ClN4O3. The maximum absolute atomic E-state index is 13.1. The number of nitrogens with zero attached hydrogens (tertiary/aromatic N) is 3. The van der Waals surface area contributed by atoms with Crippen molar-refractivity contribution >= 4 is 18.3 Å². The van der Waals surface area contributed by atoms with Gasteiger partial charge >= 0.3 is 0 Å². The lowest BCUT2D eigenvalue weighted by molar-refractivity contribution is 0.0620. The summed E-state index contributed by atoms with van der Waals surface area (Å²) in [6, 6.07) is 5.21. The van der Waals surface area contributed by atoms with Crippen LogP contribution in [0.25, 0.3) is 0 Å². The Bertz CT molecular complexity index is 750. The van der Waals surface area contributed by atoms with Crippen LogP contribution in [0.5, 0.6) is 11.5 Å². The van der Waals surface area contributed by atoms with Gasteiger partial charge < -0.3 is 24.3 Å². The van der Waals surface area contributed by atoms with Gasteiger partial charge in [0.2, 0.25) is 0 Å². The van der Waals surface area contributed by atoms with Gasteiger partial charge in [0.1, 0.15) is 11.9 Å². The van der Waals surface area contributed by atoms with E-state index in [1.54, 1.807) is 31.5 Å². The quantitative estimate of drug-likeness (QED) is 0.859. The number of piperazine rings is 1. The van der Waals surface area contributed by atoms with Crippen molar-refractivity contribution in [3.8, 4) is 11.5 Å². The number of methoxy groups -OCH3 is 1. The molecule has 1 atom stereocenters. The van der Waals surface area contributed by atoms with Crippen LogP contribution >= 0.6 is 12.4 Å². The molecule has 142 valence electrons. The lowest BCUT2D eigenvalue weighted by atomic mass is 10.1. The van der Waals surface area contributed by atoms with E-state index in [0.717, 1.165) is 12.4 Å². The molecule has 0 saturated carbocycles. The summed E-state index contributed by atoms with van der Waals surface area (Å²) in [6.45, 7) is 4.54. The highest BCUT2D eigenvalue weighted by Gasteiger charge is 2.31. The zero-order valence-corrected chi connectivity index (χ0v) is 16.1. The maximum Gasteiger partial charge on any atom is 0.254 e. The second-order valence-corrected chi connectivity index (χ2v) is 5.91. The van der Waals surface area contributed by atoms with E-state index >= 15 is 0 Å². The van der Waals surface area contributed by atoms with Crippen molar-refractivity contribution in [2.75, 3.05) is 33.4 Å². The lowest BCUT2D eigenvalue weighted by Gasteiger charge is -2.35. The number of halogens is 1. The molecule has 2 heterocycles. The van der Waals surface area contributed by atoms with Gasteiger partial charge in [0.05, 0.1) is 13.7 Å². The molecule has 1 aliphatic rings. The zero-order valence-electron chi connectivity index (χ0n) is 15.3. The number of aryl methyl sites for hydroxylation is 1. The van der Waals surface area contributed by atoms with E-state index in [1.165, 1.54) is 0 Å². The summed E-state index contributed by atoms with van der Waals surface area (Å²) in [5.74, 6) is 2.05. The molecule has 7 nitrogen and oxygen atoms in total. The first kappa shape index (κ1) is 20.1. The number of carbonyl (C=O) groups is 1. The van der Waals surface area contributed by atoms with Crippen molar-refractivity contribution in [2.45, 2.75) is 13.0 Å². The van der Waals surface area contributed by atoms with Gasteiger partial charge in [-0.15, -0.1) is 12.4 Å². The number of ether oxygens (including phenoxy) is 2. The molecule has 0 bridgehead atoms. The Kier molecular flexibility index (Phi) is 6.88. The highest BCUT2D eigenvalue weighted by molar-refractivity contribution is 5.95. The smallest absolute Gasteiger partial charge is 0.254 e. The van der Waals surface area contributed by atoms with Gasteiger partial charge in [0.15, 0.2) is 11.5 Å². The summed E-state index contributed by atoms with van der Waals surface area (Å²) in [6.07, 6.45) is 3.65. The molecule has 2 aromatic rings. The van der Waals surface area contributed by atoms with Crippen molar-refractivity contribution in [3.63, 3.8) is 0 Å². The Balaban J connectivity index is 0.00000243. The van der Waals surface area contributed by atoms with Crippen LogP contribution in [-0.4, -0.2) is 53.7 Å². The minimum atomic E-state index is -0.0983. The van der Waals surface area contributed by atoms with Gasteiger partial charge in [-0.05, 0) is 25.1 Å². The fourth-order valence-electron chi connectivity index (χ4n) is 3.12. The number of hydrogen-bond acceptors (Lipinski definition) is 5. The predicted octanol–water partition coefficient (Wildman–Crippen LogP) is 2.04. The third kappa shape index (κ3) is 3.94. The third-order valence-electron chi connectivity index (χ3n) is 4.37. The number of benzene rings is 1. The molecule has 1 fully saturated rings. The van der Waals surface area contributed by atoms with Gasteiger partial charge in [0.25, 0.3) is 5.91 Å². The Morgan fingerprint density at radius 2 is 2.19 bits per heavy atom. The van der Waals surface area contributed by atoms with Crippen LogP contribution in [0.2, 0.25) is 0 Å². The maximum atomic E-state index is 13.1. The first-order valence-electron chi connectivity index (χ1n) is 8.45. The SMILES string of the molecule is CCOc1ccc(C(=O)N2CCNCC2c2nccn2C)cc1OC.Cl. The number of nitrogens with one attached hydrogen (secondary N) is 1. The molecule has 1 aromatic heterocycles. The van der Waals surface area contributed by atoms with E-state index in [1.807, 2.05) is 29.6 Å². The van der Waals surface area contributed by atoms with Crippen molar-refractivity contribution in [1.29, 1.82) is 0 Å². The first-order valence-corrected chi connectivity index (χ1v) is 8.45. The van der Waals surface area contributed by atoms with Gasteiger partial charge in [-0.1, -0.05) is 0 Å². The van der Waals surface area contributed by atoms with Crippen LogP contribution < -0.4 is 14.8 Å². The van der Waals surface area contributed by atoms with E-state index in [0.29, 0.717) is 36.8 Å². The molecule has 1 amide bonds. The Morgan fingerprint density at radius 1 is 1.38 bits per heavy atom. The summed E-state index contributed by atoms with van der Waals surface area (Å²) in [7, 11) is 3.52. The normalized spacial score (nSPS) is 16.7. The second kappa shape index (κ2) is 8.91. The van der Waals surface area contributed by atoms with E-state index < -0.39 is 0 Å². The minimum absolute atomic E-state index is 0. The van der Waals surface area contributed by atoms with Crippen LogP contribution in [0.4, 0.5) is 0 Å². The van der Waals surface area contributed by atoms with E-state index in [-0.39, 0.29) is 24.4 Å². The topological polar surface area (TPSA) is 68.6 Å². The summed E-state index contributed by atoms with van der Waals surface area (Å²) < 4.78 is 12.9. The summed E-state index contributed by atoms with van der Waals surface area (Å²) >= 11 is 0. The molecule has 1 aromatic carbocycles. The van der Waals surface area contributed by atoms with Gasteiger partial charge in [0, 0.05) is 44.6 Å². The molecule has 0 aliphatic carbocycles. The number of rotatable bonds is 5. The molecule has 0 radical (unpaired) electrons.